The van der Waals surface area contributed by atoms with Crippen LogP contribution in [0.15, 0.2) is 48.6 Å². The van der Waals surface area contributed by atoms with E-state index in [1.165, 1.54) is 11.1 Å². The van der Waals surface area contributed by atoms with Crippen LogP contribution in [0, 0.1) is 11.8 Å². The maximum Gasteiger partial charge on any atom is -0.00616 e. The van der Waals surface area contributed by atoms with E-state index in [2.05, 4.69) is 37.5 Å². The molecule has 0 heterocycles. The zero-order valence-electron chi connectivity index (χ0n) is 7.29. The number of hydrogen-bond acceptors (Lipinski definition) is 0. The maximum atomic E-state index is 4.07. The van der Waals surface area contributed by atoms with Crippen molar-refractivity contribution in [3.8, 4) is 0 Å². The fourth-order valence-electron chi connectivity index (χ4n) is 2.10. The normalized spacial score (nSPS) is 33.7. The summed E-state index contributed by atoms with van der Waals surface area (Å²) in [6, 6.07) is 0. The molecule has 0 saturated heterocycles. The van der Waals surface area contributed by atoms with E-state index in [1.807, 2.05) is 0 Å². The average Bonchev–Trinajstić information content (AvgIpc) is 2.12. The molecular weight excluding hydrogens is 144 g/mol. The Morgan fingerprint density at radius 2 is 1.33 bits per heavy atom. The summed E-state index contributed by atoms with van der Waals surface area (Å²) in [7, 11) is 0. The summed E-state index contributed by atoms with van der Waals surface area (Å²) in [5.74, 6) is 1.26. The van der Waals surface area contributed by atoms with Gasteiger partial charge in [0, 0.05) is 0 Å². The van der Waals surface area contributed by atoms with Crippen molar-refractivity contribution in [2.75, 3.05) is 0 Å². The summed E-state index contributed by atoms with van der Waals surface area (Å²) >= 11 is 0. The van der Waals surface area contributed by atoms with Gasteiger partial charge in [-0.05, 0) is 24.7 Å². The third-order valence-corrected chi connectivity index (χ3v) is 2.90. The van der Waals surface area contributed by atoms with Crippen LogP contribution in [0.25, 0.3) is 0 Å². The number of hydrogen-bond donors (Lipinski definition) is 0. The van der Waals surface area contributed by atoms with Crippen LogP contribution in [-0.2, 0) is 0 Å². The summed E-state index contributed by atoms with van der Waals surface area (Å²) in [5.41, 5.74) is 2.55. The minimum absolute atomic E-state index is 0.632. The largest absolute Gasteiger partial charge is 0.0955 e. The molecule has 0 aromatic carbocycles. The quantitative estimate of drug-likeness (QED) is 0.475. The van der Waals surface area contributed by atoms with Crippen molar-refractivity contribution in [2.24, 2.45) is 11.8 Å². The van der Waals surface area contributed by atoms with E-state index < -0.39 is 0 Å². The molecule has 0 fully saturated rings. The molecule has 62 valence electrons. The first-order valence-corrected chi connectivity index (χ1v) is 4.49. The van der Waals surface area contributed by atoms with Crippen LogP contribution >= 0.6 is 0 Å². The molecule has 2 atom stereocenters. The highest BCUT2D eigenvalue weighted by molar-refractivity contribution is 5.37. The molecule has 2 aliphatic carbocycles. The van der Waals surface area contributed by atoms with Crippen molar-refractivity contribution in [1.82, 2.24) is 0 Å². The van der Waals surface area contributed by atoms with Crippen molar-refractivity contribution in [2.45, 2.75) is 12.8 Å². The van der Waals surface area contributed by atoms with Gasteiger partial charge in [0.1, 0.15) is 0 Å². The smallest absolute Gasteiger partial charge is 0.00616 e. The molecule has 0 heteroatoms. The van der Waals surface area contributed by atoms with Gasteiger partial charge in [0.05, 0.1) is 0 Å². The van der Waals surface area contributed by atoms with Crippen molar-refractivity contribution < 1.29 is 0 Å². The lowest BCUT2D eigenvalue weighted by atomic mass is 9.72. The summed E-state index contributed by atoms with van der Waals surface area (Å²) in [6.45, 7) is 8.14. The Morgan fingerprint density at radius 1 is 0.917 bits per heavy atom. The molecule has 2 rings (SSSR count). The van der Waals surface area contributed by atoms with Crippen molar-refractivity contribution in [3.63, 3.8) is 0 Å². The van der Waals surface area contributed by atoms with Crippen molar-refractivity contribution in [1.29, 1.82) is 0 Å². The molecule has 0 amide bonds. The predicted octanol–water partition coefficient (Wildman–Crippen LogP) is 3.25. The van der Waals surface area contributed by atoms with E-state index in [0.717, 1.165) is 12.8 Å². The van der Waals surface area contributed by atoms with Crippen LogP contribution in [0.4, 0.5) is 0 Å². The Morgan fingerprint density at radius 3 is 1.75 bits per heavy atom. The second-order valence-corrected chi connectivity index (χ2v) is 3.64. The standard InChI is InChI=1S/C12H14/c1-9-7-8-10(2)12-6-4-3-5-11(9)12/h3-4,7-8,11-12H,1-2,5-6H2. The predicted molar refractivity (Wildman–Crippen MR) is 52.8 cm³/mol. The highest BCUT2D eigenvalue weighted by atomic mass is 14.3. The highest BCUT2D eigenvalue weighted by Crippen LogP contribution is 2.39. The van der Waals surface area contributed by atoms with E-state index >= 15 is 0 Å². The van der Waals surface area contributed by atoms with Crippen LogP contribution in [0.2, 0.25) is 0 Å². The minimum Gasteiger partial charge on any atom is -0.0955 e. The van der Waals surface area contributed by atoms with Gasteiger partial charge in [-0.2, -0.15) is 0 Å². The maximum absolute atomic E-state index is 4.07. The zero-order chi connectivity index (χ0) is 8.55. The Balaban J connectivity index is 2.32. The Hall–Kier alpha value is -1.04. The topological polar surface area (TPSA) is 0 Å². The molecular formula is C12H14. The minimum atomic E-state index is 0.632. The third kappa shape index (κ3) is 1.08. The number of allylic oxidation sites excluding steroid dienone is 6. The van der Waals surface area contributed by atoms with Gasteiger partial charge in [-0.3, -0.25) is 0 Å². The van der Waals surface area contributed by atoms with E-state index in [4.69, 9.17) is 0 Å². The number of fused-ring (bicyclic) bond motifs is 1. The Kier molecular flexibility index (Phi) is 1.76. The van der Waals surface area contributed by atoms with Crippen LogP contribution in [-0.4, -0.2) is 0 Å². The SMILES string of the molecule is C=C1C=CC(=C)C2CC=CCC12. The first-order chi connectivity index (χ1) is 5.79. The van der Waals surface area contributed by atoms with Crippen LogP contribution < -0.4 is 0 Å². The van der Waals surface area contributed by atoms with Gasteiger partial charge < -0.3 is 0 Å². The van der Waals surface area contributed by atoms with E-state index in [-0.39, 0.29) is 0 Å². The van der Waals surface area contributed by atoms with Gasteiger partial charge >= 0.3 is 0 Å². The molecule has 0 spiro atoms. The Bertz CT molecular complexity index is 250. The van der Waals surface area contributed by atoms with E-state index in [1.54, 1.807) is 0 Å². The van der Waals surface area contributed by atoms with Gasteiger partial charge in [0.25, 0.3) is 0 Å². The third-order valence-electron chi connectivity index (χ3n) is 2.90. The average molecular weight is 158 g/mol. The fraction of sp³-hybridized carbons (Fsp3) is 0.333. The summed E-state index contributed by atoms with van der Waals surface area (Å²) in [5, 5.41) is 0. The van der Waals surface area contributed by atoms with Crippen LogP contribution in [0.3, 0.4) is 0 Å². The summed E-state index contributed by atoms with van der Waals surface area (Å²) in [4.78, 5) is 0. The molecule has 0 aromatic rings. The van der Waals surface area contributed by atoms with Gasteiger partial charge in [-0.25, -0.2) is 0 Å². The lowest BCUT2D eigenvalue weighted by Crippen LogP contribution is -2.21. The highest BCUT2D eigenvalue weighted by Gasteiger charge is 2.27. The lowest BCUT2D eigenvalue weighted by Gasteiger charge is -2.32. The van der Waals surface area contributed by atoms with Crippen LogP contribution in [0.1, 0.15) is 12.8 Å². The van der Waals surface area contributed by atoms with E-state index in [0.29, 0.717) is 11.8 Å². The van der Waals surface area contributed by atoms with Crippen molar-refractivity contribution >= 4 is 0 Å². The zero-order valence-corrected chi connectivity index (χ0v) is 7.29. The van der Waals surface area contributed by atoms with Crippen LogP contribution in [0.5, 0.6) is 0 Å². The lowest BCUT2D eigenvalue weighted by molar-refractivity contribution is 0.430. The molecule has 12 heavy (non-hydrogen) atoms. The Labute approximate surface area is 74.0 Å². The number of rotatable bonds is 0. The molecule has 0 nitrogen and oxygen atoms in total. The molecule has 0 aromatic heterocycles. The van der Waals surface area contributed by atoms with Gasteiger partial charge in [0.2, 0.25) is 0 Å². The fourth-order valence-corrected chi connectivity index (χ4v) is 2.10. The second-order valence-electron chi connectivity index (χ2n) is 3.64. The first kappa shape index (κ1) is 7.60. The summed E-state index contributed by atoms with van der Waals surface area (Å²) < 4.78 is 0. The van der Waals surface area contributed by atoms with Gasteiger partial charge in [0.15, 0.2) is 0 Å². The monoisotopic (exact) mass is 158 g/mol. The molecule has 2 unspecified atom stereocenters. The molecule has 0 bridgehead atoms. The molecule has 2 aliphatic rings. The van der Waals surface area contributed by atoms with Gasteiger partial charge in [-0.15, -0.1) is 0 Å². The molecule has 0 aliphatic heterocycles. The molecule has 0 radical (unpaired) electrons. The van der Waals surface area contributed by atoms with Gasteiger partial charge in [-0.1, -0.05) is 48.6 Å². The van der Waals surface area contributed by atoms with Crippen molar-refractivity contribution in [3.05, 3.63) is 48.6 Å². The first-order valence-electron chi connectivity index (χ1n) is 4.49. The molecule has 0 N–H and O–H groups in total. The summed E-state index contributed by atoms with van der Waals surface area (Å²) in [6.07, 6.45) is 11.0. The second kappa shape index (κ2) is 2.78. The molecule has 0 saturated carbocycles. The van der Waals surface area contributed by atoms with E-state index in [9.17, 15) is 0 Å².